The first kappa shape index (κ1) is 58.6. The molecule has 2 aromatic carbocycles. The van der Waals surface area contributed by atoms with E-state index in [4.69, 9.17) is 39.1 Å². The van der Waals surface area contributed by atoms with Crippen molar-refractivity contribution in [3.8, 4) is 11.5 Å². The molecule has 0 spiro atoms. The number of anilines is 7. The van der Waals surface area contributed by atoms with Crippen LogP contribution in [0.5, 0.6) is 11.5 Å². The van der Waals surface area contributed by atoms with E-state index in [2.05, 4.69) is 59.3 Å². The molecule has 396 valence electrons. The fraction of sp³-hybridized carbons (Fsp3) is 0.684. The predicted octanol–water partition coefficient (Wildman–Crippen LogP) is 15.4. The number of aryl methyl sites for hydroxylation is 1. The van der Waals surface area contributed by atoms with Crippen molar-refractivity contribution in [3.05, 3.63) is 54.4 Å². The van der Waals surface area contributed by atoms with E-state index in [1.807, 2.05) is 48.5 Å². The van der Waals surface area contributed by atoms with Crippen LogP contribution in [-0.4, -0.2) is 76.0 Å². The summed E-state index contributed by atoms with van der Waals surface area (Å²) in [5.41, 5.74) is 1.79. The van der Waals surface area contributed by atoms with E-state index < -0.39 is 0 Å². The third-order valence-electron chi connectivity index (χ3n) is 12.4. The van der Waals surface area contributed by atoms with Crippen LogP contribution in [0.2, 0.25) is 0 Å². The van der Waals surface area contributed by atoms with E-state index in [-0.39, 0.29) is 0 Å². The van der Waals surface area contributed by atoms with Gasteiger partial charge in [-0.15, -0.1) is 0 Å². The van der Waals surface area contributed by atoms with E-state index >= 15 is 0 Å². The third-order valence-corrected chi connectivity index (χ3v) is 12.4. The smallest absolute Gasteiger partial charge is 0.233 e. The van der Waals surface area contributed by atoms with Crippen LogP contribution in [0.4, 0.5) is 41.1 Å². The molecular formula is C57H95N11O3. The normalized spacial score (nSPS) is 11.2. The SMILES string of the molecule is CCCCCCCCCc1nc(NCCCCCCCC)nc(Nc2ccc(OCCCOCCCOc3ccc(Nc4nc(NCCCCCCCC)nc(NCCCCCCCC)n4)cc3)cc2)n1. The zero-order chi connectivity index (χ0) is 50.1. The molecule has 0 unspecified atom stereocenters. The van der Waals surface area contributed by atoms with Crippen LogP contribution >= 0.6 is 0 Å². The van der Waals surface area contributed by atoms with Crippen LogP contribution < -0.4 is 36.1 Å². The van der Waals surface area contributed by atoms with Crippen molar-refractivity contribution in [3.63, 3.8) is 0 Å². The number of rotatable bonds is 46. The molecule has 0 aliphatic heterocycles. The first-order valence-electron chi connectivity index (χ1n) is 28.4. The molecule has 71 heavy (non-hydrogen) atoms. The van der Waals surface area contributed by atoms with Crippen molar-refractivity contribution >= 4 is 41.1 Å². The van der Waals surface area contributed by atoms with Crippen LogP contribution in [0.15, 0.2) is 48.5 Å². The minimum absolute atomic E-state index is 0.512. The molecule has 4 rings (SSSR count). The molecule has 2 heterocycles. The van der Waals surface area contributed by atoms with Gasteiger partial charge in [-0.25, -0.2) is 0 Å². The number of aromatic nitrogens is 6. The molecule has 0 aliphatic carbocycles. The van der Waals surface area contributed by atoms with Gasteiger partial charge in [-0.1, -0.05) is 163 Å². The summed E-state index contributed by atoms with van der Waals surface area (Å²) < 4.78 is 17.9. The predicted molar refractivity (Wildman–Crippen MR) is 297 cm³/mol. The van der Waals surface area contributed by atoms with Crippen LogP contribution in [0.1, 0.15) is 207 Å². The van der Waals surface area contributed by atoms with Gasteiger partial charge >= 0.3 is 0 Å². The minimum atomic E-state index is 0.512. The van der Waals surface area contributed by atoms with Gasteiger partial charge in [-0.3, -0.25) is 0 Å². The lowest BCUT2D eigenvalue weighted by Gasteiger charge is -2.12. The lowest BCUT2D eigenvalue weighted by molar-refractivity contribution is 0.107. The van der Waals surface area contributed by atoms with E-state index in [9.17, 15) is 0 Å². The van der Waals surface area contributed by atoms with Crippen molar-refractivity contribution in [2.75, 3.05) is 72.6 Å². The van der Waals surface area contributed by atoms with Gasteiger partial charge in [-0.05, 0) is 74.2 Å². The second-order valence-electron chi connectivity index (χ2n) is 19.0. The van der Waals surface area contributed by atoms with Gasteiger partial charge in [0.25, 0.3) is 0 Å². The maximum absolute atomic E-state index is 6.03. The molecule has 0 radical (unpaired) electrons. The molecule has 4 aromatic rings. The summed E-state index contributed by atoms with van der Waals surface area (Å²) in [5.74, 6) is 5.39. The Hall–Kier alpha value is -4.98. The number of benzene rings is 2. The van der Waals surface area contributed by atoms with Crippen molar-refractivity contribution in [1.29, 1.82) is 0 Å². The highest BCUT2D eigenvalue weighted by atomic mass is 16.5. The van der Waals surface area contributed by atoms with Gasteiger partial charge in [0.05, 0.1) is 13.2 Å². The number of hydrogen-bond donors (Lipinski definition) is 5. The van der Waals surface area contributed by atoms with Gasteiger partial charge in [0.2, 0.25) is 29.7 Å². The molecule has 0 amide bonds. The summed E-state index contributed by atoms with van der Waals surface area (Å²) in [6, 6.07) is 15.9. The van der Waals surface area contributed by atoms with Crippen molar-refractivity contribution in [2.45, 2.75) is 207 Å². The minimum Gasteiger partial charge on any atom is -0.494 e. The molecule has 0 aliphatic rings. The number of nitrogens with zero attached hydrogens (tertiary/aromatic N) is 6. The topological polar surface area (TPSA) is 165 Å². The zero-order valence-corrected chi connectivity index (χ0v) is 44.8. The largest absolute Gasteiger partial charge is 0.494 e. The van der Waals surface area contributed by atoms with Crippen molar-refractivity contribution in [1.82, 2.24) is 29.9 Å². The molecule has 5 N–H and O–H groups in total. The van der Waals surface area contributed by atoms with Gasteiger partial charge in [-0.2, -0.15) is 29.9 Å². The maximum atomic E-state index is 6.03. The van der Waals surface area contributed by atoms with Crippen molar-refractivity contribution < 1.29 is 14.2 Å². The molecule has 0 atom stereocenters. The Balaban J connectivity index is 1.12. The average Bonchev–Trinajstić information content (AvgIpc) is 3.38. The average molecular weight is 982 g/mol. The number of hydrogen-bond acceptors (Lipinski definition) is 14. The van der Waals surface area contributed by atoms with E-state index in [1.54, 1.807) is 0 Å². The molecule has 0 saturated heterocycles. The highest BCUT2D eigenvalue weighted by molar-refractivity contribution is 5.57. The Kier molecular flexibility index (Phi) is 32.7. The second-order valence-corrected chi connectivity index (χ2v) is 19.0. The molecule has 0 bridgehead atoms. The highest BCUT2D eigenvalue weighted by Crippen LogP contribution is 2.22. The zero-order valence-electron chi connectivity index (χ0n) is 44.8. The Morgan fingerprint density at radius 1 is 0.324 bits per heavy atom. The van der Waals surface area contributed by atoms with E-state index in [1.165, 1.54) is 135 Å². The molecular weight excluding hydrogens is 887 g/mol. The van der Waals surface area contributed by atoms with Gasteiger partial charge in [0, 0.05) is 63.5 Å². The summed E-state index contributed by atoms with van der Waals surface area (Å²) >= 11 is 0. The lowest BCUT2D eigenvalue weighted by Crippen LogP contribution is -2.12. The lowest BCUT2D eigenvalue weighted by atomic mass is 10.1. The molecule has 14 nitrogen and oxygen atoms in total. The van der Waals surface area contributed by atoms with E-state index in [0.29, 0.717) is 56.2 Å². The fourth-order valence-electron chi connectivity index (χ4n) is 8.14. The summed E-state index contributed by atoms with van der Waals surface area (Å²) in [5, 5.41) is 17.1. The van der Waals surface area contributed by atoms with Crippen LogP contribution in [-0.2, 0) is 11.2 Å². The summed E-state index contributed by atoms with van der Waals surface area (Å²) in [4.78, 5) is 28.4. The Morgan fingerprint density at radius 3 is 1.06 bits per heavy atom. The molecule has 2 aromatic heterocycles. The Morgan fingerprint density at radius 2 is 0.648 bits per heavy atom. The summed E-state index contributed by atoms with van der Waals surface area (Å²) in [6.45, 7) is 14.0. The fourth-order valence-corrected chi connectivity index (χ4v) is 8.14. The van der Waals surface area contributed by atoms with Gasteiger partial charge in [0.1, 0.15) is 17.3 Å². The first-order valence-corrected chi connectivity index (χ1v) is 28.4. The number of nitrogens with one attached hydrogen (secondary N) is 5. The van der Waals surface area contributed by atoms with Gasteiger partial charge < -0.3 is 40.8 Å². The van der Waals surface area contributed by atoms with Crippen molar-refractivity contribution in [2.24, 2.45) is 0 Å². The molecule has 0 saturated carbocycles. The monoisotopic (exact) mass is 982 g/mol. The first-order chi connectivity index (χ1) is 35.1. The highest BCUT2D eigenvalue weighted by Gasteiger charge is 2.10. The third kappa shape index (κ3) is 28.6. The standard InChI is InChI=1S/C57H95N11O3/c1-5-9-13-17-21-22-26-32-52-63-53(58-41-27-23-18-14-10-6-2)66-56(64-52)61-48-33-37-50(38-34-48)70-46-30-44-69-45-31-47-71-51-39-35-49(36-40-51)62-57-67-54(59-42-28-24-19-15-11-7-3)65-55(68-57)60-43-29-25-20-16-12-8-4/h33-40H,5-32,41-47H2,1-4H3,(H2,58,61,63,64,66)(H3,59,60,62,65,67,68). The quantitative estimate of drug-likeness (QED) is 0.0266. The van der Waals surface area contributed by atoms with Gasteiger partial charge in [0.15, 0.2) is 0 Å². The summed E-state index contributed by atoms with van der Waals surface area (Å²) in [6.07, 6.45) is 33.7. The van der Waals surface area contributed by atoms with Crippen LogP contribution in [0.3, 0.4) is 0 Å². The molecule has 14 heteroatoms. The maximum Gasteiger partial charge on any atom is 0.233 e. The number of ether oxygens (including phenoxy) is 3. The second kappa shape index (κ2) is 39.6. The molecule has 0 fully saturated rings. The number of unbranched alkanes of at least 4 members (excludes halogenated alkanes) is 21. The van der Waals surface area contributed by atoms with E-state index in [0.717, 1.165) is 93.3 Å². The Bertz CT molecular complexity index is 1680. The summed E-state index contributed by atoms with van der Waals surface area (Å²) in [7, 11) is 0. The van der Waals surface area contributed by atoms with Crippen LogP contribution in [0.25, 0.3) is 0 Å². The van der Waals surface area contributed by atoms with Crippen LogP contribution in [0, 0.1) is 0 Å². The Labute approximate surface area is 429 Å².